The molecule has 0 aliphatic rings. The monoisotopic (exact) mass is 446 g/mol. The first kappa shape index (κ1) is 21.8. The molecule has 8 N–H and O–H groups in total. The Bertz CT molecular complexity index is 1390. The first-order chi connectivity index (χ1) is 15.8. The molecule has 1 heterocycles. The maximum atomic E-state index is 11.4. The summed E-state index contributed by atoms with van der Waals surface area (Å²) >= 11 is 0. The first-order valence-electron chi connectivity index (χ1n) is 10.1. The smallest absolute Gasteiger partial charge is 0.307 e. The fraction of sp³-hybridized carbons (Fsp3) is 0.125. The van der Waals surface area contributed by atoms with Crippen molar-refractivity contribution >= 4 is 22.8 Å². The number of rotatable bonds is 7. The lowest BCUT2D eigenvalue weighted by Gasteiger charge is -2.14. The van der Waals surface area contributed by atoms with E-state index in [0.29, 0.717) is 40.0 Å². The van der Waals surface area contributed by atoms with Crippen molar-refractivity contribution in [3.8, 4) is 34.0 Å². The molecule has 0 spiro atoms. The van der Waals surface area contributed by atoms with Crippen molar-refractivity contribution in [2.45, 2.75) is 12.8 Å². The second kappa shape index (κ2) is 8.64. The average Bonchev–Trinajstić information content (AvgIpc) is 3.19. The summed E-state index contributed by atoms with van der Waals surface area (Å²) in [5.74, 6) is -1.14. The number of benzene rings is 3. The van der Waals surface area contributed by atoms with Gasteiger partial charge < -0.3 is 31.1 Å². The number of carbonyl (C=O) groups is 1. The molecule has 9 nitrogen and oxygen atoms in total. The number of aromatic hydroxyl groups is 2. The van der Waals surface area contributed by atoms with E-state index in [2.05, 4.69) is 9.97 Å². The molecule has 0 radical (unpaired) electrons. The molecule has 0 unspecified atom stereocenters. The third kappa shape index (κ3) is 4.35. The van der Waals surface area contributed by atoms with E-state index >= 15 is 0 Å². The lowest BCUT2D eigenvalue weighted by Crippen LogP contribution is -2.10. The molecule has 4 aromatic rings. The minimum Gasteiger partial charge on any atom is -0.507 e. The van der Waals surface area contributed by atoms with Gasteiger partial charge in [-0.2, -0.15) is 0 Å². The predicted molar refractivity (Wildman–Crippen MR) is 123 cm³/mol. The van der Waals surface area contributed by atoms with Crippen LogP contribution in [-0.4, -0.2) is 48.8 Å². The molecular formula is C24H22N4O5. The topological polar surface area (TPSA) is 177 Å². The number of phenolic OH excluding ortho intramolecular Hbond substituents is 2. The summed E-state index contributed by atoms with van der Waals surface area (Å²) < 4.78 is 0. The number of nitrogens with zero attached hydrogens (tertiary/aromatic N) is 1. The number of nitrogen functional groups attached to an aromatic ring is 1. The molecule has 4 rings (SSSR count). The molecular weight excluding hydrogens is 424 g/mol. The van der Waals surface area contributed by atoms with Gasteiger partial charge in [-0.1, -0.05) is 6.07 Å². The van der Waals surface area contributed by atoms with Gasteiger partial charge in [-0.3, -0.25) is 10.2 Å². The molecule has 168 valence electrons. The quantitative estimate of drug-likeness (QED) is 0.168. The number of hydrogen-bond donors (Lipinski definition) is 7. The molecule has 0 atom stereocenters. The fourth-order valence-corrected chi connectivity index (χ4v) is 3.74. The van der Waals surface area contributed by atoms with Crippen LogP contribution < -0.4 is 5.73 Å². The van der Waals surface area contributed by atoms with Gasteiger partial charge >= 0.3 is 5.97 Å². The van der Waals surface area contributed by atoms with E-state index in [1.165, 1.54) is 18.2 Å². The fourth-order valence-electron chi connectivity index (χ4n) is 3.74. The van der Waals surface area contributed by atoms with E-state index in [9.17, 15) is 25.2 Å². The van der Waals surface area contributed by atoms with Crippen LogP contribution in [0.3, 0.4) is 0 Å². The molecule has 0 bridgehead atoms. The van der Waals surface area contributed by atoms with E-state index in [4.69, 9.17) is 11.1 Å². The number of nitrogens with one attached hydrogen (secondary N) is 2. The number of aliphatic hydroxyl groups is 1. The van der Waals surface area contributed by atoms with Crippen LogP contribution in [-0.2, 0) is 17.6 Å². The zero-order chi connectivity index (χ0) is 23.7. The third-order valence-corrected chi connectivity index (χ3v) is 5.33. The van der Waals surface area contributed by atoms with Gasteiger partial charge in [-0.05, 0) is 60.0 Å². The van der Waals surface area contributed by atoms with Crippen LogP contribution in [0.2, 0.25) is 0 Å². The minimum atomic E-state index is -1.05. The number of aliphatic hydroxyl groups excluding tert-OH is 1. The van der Waals surface area contributed by atoms with E-state index in [1.807, 2.05) is 0 Å². The standard InChI is InChI=1S/C24H22N4O5/c25-23(26)14-2-3-18-19(11-14)28-24(27-18)17-9-13(10-21(31)32)8-16(22(17)33)15-7-12(5-6-29)1-4-20(15)30/h1-4,7-9,11,29-30,33H,5-6,10H2,(H3,25,26)(H,27,28)(H,31,32). The highest BCUT2D eigenvalue weighted by Gasteiger charge is 2.20. The Morgan fingerprint density at radius 3 is 2.42 bits per heavy atom. The summed E-state index contributed by atoms with van der Waals surface area (Å²) in [5.41, 5.74) is 9.18. The van der Waals surface area contributed by atoms with E-state index in [1.54, 1.807) is 30.3 Å². The number of carboxylic acid groups (broad SMARTS) is 1. The Labute approximate surface area is 188 Å². The van der Waals surface area contributed by atoms with Gasteiger partial charge in [-0.15, -0.1) is 0 Å². The Morgan fingerprint density at radius 1 is 1.00 bits per heavy atom. The summed E-state index contributed by atoms with van der Waals surface area (Å²) in [7, 11) is 0. The van der Waals surface area contributed by atoms with E-state index in [-0.39, 0.29) is 41.5 Å². The summed E-state index contributed by atoms with van der Waals surface area (Å²) in [6, 6.07) is 12.9. The second-order valence-electron chi connectivity index (χ2n) is 7.67. The molecule has 0 saturated carbocycles. The molecule has 3 aromatic carbocycles. The zero-order valence-corrected chi connectivity index (χ0v) is 17.5. The van der Waals surface area contributed by atoms with Crippen molar-refractivity contribution in [1.82, 2.24) is 9.97 Å². The normalized spacial score (nSPS) is 11.1. The maximum Gasteiger partial charge on any atom is 0.307 e. The number of imidazole rings is 1. The van der Waals surface area contributed by atoms with Gasteiger partial charge in [-0.25, -0.2) is 4.98 Å². The van der Waals surface area contributed by atoms with Gasteiger partial charge in [0.1, 0.15) is 23.2 Å². The largest absolute Gasteiger partial charge is 0.507 e. The molecule has 1 aromatic heterocycles. The molecule has 0 saturated heterocycles. The minimum absolute atomic E-state index is 0.0816. The summed E-state index contributed by atoms with van der Waals surface area (Å²) in [6.07, 6.45) is 0.0594. The molecule has 0 aliphatic heterocycles. The van der Waals surface area contributed by atoms with Gasteiger partial charge in [0.15, 0.2) is 0 Å². The van der Waals surface area contributed by atoms with Gasteiger partial charge in [0, 0.05) is 23.3 Å². The Hall–Kier alpha value is -4.37. The van der Waals surface area contributed by atoms with Gasteiger partial charge in [0.25, 0.3) is 0 Å². The van der Waals surface area contributed by atoms with Crippen LogP contribution in [0.1, 0.15) is 16.7 Å². The lowest BCUT2D eigenvalue weighted by atomic mass is 9.94. The van der Waals surface area contributed by atoms with Crippen molar-refractivity contribution < 1.29 is 25.2 Å². The van der Waals surface area contributed by atoms with E-state index < -0.39 is 5.97 Å². The number of carboxylic acids is 1. The number of hydrogen-bond acceptors (Lipinski definition) is 6. The summed E-state index contributed by atoms with van der Waals surface area (Å²) in [6.45, 7) is -0.0816. The Morgan fingerprint density at radius 2 is 1.73 bits per heavy atom. The summed E-state index contributed by atoms with van der Waals surface area (Å²) in [4.78, 5) is 19.0. The highest BCUT2D eigenvalue weighted by molar-refractivity contribution is 5.98. The van der Waals surface area contributed by atoms with E-state index in [0.717, 1.165) is 5.56 Å². The molecule has 9 heteroatoms. The highest BCUT2D eigenvalue weighted by atomic mass is 16.4. The molecule has 0 aliphatic carbocycles. The number of H-pyrrole nitrogens is 1. The molecule has 33 heavy (non-hydrogen) atoms. The van der Waals surface area contributed by atoms with Crippen LogP contribution in [0.15, 0.2) is 48.5 Å². The molecule has 0 amide bonds. The predicted octanol–water partition coefficient (Wildman–Crippen LogP) is 2.75. The number of aliphatic carboxylic acids is 1. The highest BCUT2D eigenvalue weighted by Crippen LogP contribution is 2.42. The van der Waals surface area contributed by atoms with Crippen LogP contribution >= 0.6 is 0 Å². The maximum absolute atomic E-state index is 11.4. The Balaban J connectivity index is 1.92. The second-order valence-corrected chi connectivity index (χ2v) is 7.67. The number of fused-ring (bicyclic) bond motifs is 1. The number of aromatic nitrogens is 2. The number of aromatic amines is 1. The average molecular weight is 446 g/mol. The first-order valence-corrected chi connectivity index (χ1v) is 10.1. The van der Waals surface area contributed by atoms with Crippen molar-refractivity contribution in [1.29, 1.82) is 5.41 Å². The lowest BCUT2D eigenvalue weighted by molar-refractivity contribution is -0.136. The summed E-state index contributed by atoms with van der Waals surface area (Å²) in [5, 5.41) is 47.8. The van der Waals surface area contributed by atoms with Crippen LogP contribution in [0.5, 0.6) is 11.5 Å². The number of nitrogens with two attached hydrogens (primary N) is 1. The zero-order valence-electron chi connectivity index (χ0n) is 17.5. The van der Waals surface area contributed by atoms with Crippen molar-refractivity contribution in [2.75, 3.05) is 6.61 Å². The van der Waals surface area contributed by atoms with Crippen LogP contribution in [0.4, 0.5) is 0 Å². The van der Waals surface area contributed by atoms with Crippen LogP contribution in [0, 0.1) is 5.41 Å². The van der Waals surface area contributed by atoms with Crippen molar-refractivity contribution in [3.05, 3.63) is 65.2 Å². The third-order valence-electron chi connectivity index (χ3n) is 5.33. The van der Waals surface area contributed by atoms with Gasteiger partial charge in [0.2, 0.25) is 0 Å². The van der Waals surface area contributed by atoms with Gasteiger partial charge in [0.05, 0.1) is 23.0 Å². The number of amidine groups is 1. The number of phenols is 2. The van der Waals surface area contributed by atoms with Crippen molar-refractivity contribution in [2.24, 2.45) is 5.73 Å². The molecule has 0 fully saturated rings. The Kier molecular flexibility index (Phi) is 5.72. The SMILES string of the molecule is N=C(N)c1ccc2[nH]c(-c3cc(CC(=O)O)cc(-c4cc(CCO)ccc4O)c3O)nc2c1. The van der Waals surface area contributed by atoms with Crippen LogP contribution in [0.25, 0.3) is 33.5 Å². The van der Waals surface area contributed by atoms with Crippen molar-refractivity contribution in [3.63, 3.8) is 0 Å².